The average molecular weight is 403 g/mol. The van der Waals surface area contributed by atoms with Gasteiger partial charge in [-0.2, -0.15) is 0 Å². The van der Waals surface area contributed by atoms with Crippen molar-refractivity contribution in [2.24, 2.45) is 0 Å². The first-order chi connectivity index (χ1) is 14.6. The Morgan fingerprint density at radius 2 is 1.97 bits per heavy atom. The largest absolute Gasteiger partial charge is 0.381 e. The minimum absolute atomic E-state index is 0.160. The Labute approximate surface area is 175 Å². The predicted octanol–water partition coefficient (Wildman–Crippen LogP) is 3.86. The predicted molar refractivity (Wildman–Crippen MR) is 115 cm³/mol. The number of hydrogen-bond donors (Lipinski definition) is 0. The van der Waals surface area contributed by atoms with Crippen molar-refractivity contribution < 1.29 is 14.3 Å². The van der Waals surface area contributed by atoms with Crippen LogP contribution in [0, 0.1) is 0 Å². The molecule has 1 atom stereocenters. The van der Waals surface area contributed by atoms with E-state index in [0.29, 0.717) is 26.2 Å². The molecular formula is C24H25N3O3. The molecule has 3 aromatic rings. The van der Waals surface area contributed by atoms with Gasteiger partial charge >= 0.3 is 0 Å². The molecule has 2 aromatic heterocycles. The van der Waals surface area contributed by atoms with E-state index in [4.69, 9.17) is 9.47 Å². The van der Waals surface area contributed by atoms with E-state index in [0.717, 1.165) is 51.8 Å². The Balaban J connectivity index is 1.68. The summed E-state index contributed by atoms with van der Waals surface area (Å²) in [5, 5.41) is 1.05. The van der Waals surface area contributed by atoms with Crippen molar-refractivity contribution in [3.05, 3.63) is 54.0 Å². The fraction of sp³-hybridized carbons (Fsp3) is 0.375. The lowest BCUT2D eigenvalue weighted by Crippen LogP contribution is -2.39. The van der Waals surface area contributed by atoms with Gasteiger partial charge in [-0.15, -0.1) is 0 Å². The number of fused-ring (bicyclic) bond motifs is 4. The van der Waals surface area contributed by atoms with Crippen molar-refractivity contribution in [2.45, 2.75) is 31.3 Å². The molecule has 1 amide bonds. The maximum absolute atomic E-state index is 13.4. The number of methoxy groups -OCH3 is 1. The van der Waals surface area contributed by atoms with E-state index in [1.165, 1.54) is 0 Å². The molecule has 1 fully saturated rings. The van der Waals surface area contributed by atoms with Gasteiger partial charge in [0.25, 0.3) is 0 Å². The summed E-state index contributed by atoms with van der Waals surface area (Å²) in [6.07, 6.45) is 6.11. The van der Waals surface area contributed by atoms with Crippen molar-refractivity contribution >= 4 is 22.5 Å². The smallest absolute Gasteiger partial charge is 0.237 e. The number of benzene rings is 1. The van der Waals surface area contributed by atoms with Crippen molar-refractivity contribution in [2.75, 3.05) is 32.3 Å². The molecule has 6 heteroatoms. The number of carbonyl (C=O) groups excluding carboxylic acids is 1. The van der Waals surface area contributed by atoms with Crippen LogP contribution in [0.4, 0.5) is 5.69 Å². The Hall–Kier alpha value is -2.83. The van der Waals surface area contributed by atoms with Crippen LogP contribution in [0.2, 0.25) is 0 Å². The van der Waals surface area contributed by atoms with Gasteiger partial charge in [0.05, 0.1) is 35.1 Å². The molecule has 4 heterocycles. The number of pyridine rings is 2. The van der Waals surface area contributed by atoms with Gasteiger partial charge in [-0.1, -0.05) is 12.1 Å². The molecule has 0 saturated carbocycles. The van der Waals surface area contributed by atoms with Gasteiger partial charge in [-0.05, 0) is 43.0 Å². The minimum Gasteiger partial charge on any atom is -0.381 e. The third-order valence-corrected chi connectivity index (χ3v) is 6.42. The zero-order chi connectivity index (χ0) is 20.7. The average Bonchev–Trinajstić information content (AvgIpc) is 2.94. The fourth-order valence-corrected chi connectivity index (χ4v) is 4.90. The van der Waals surface area contributed by atoms with Crippen LogP contribution in [0.5, 0.6) is 0 Å². The number of likely N-dealkylation sites (N-methyl/N-ethyl adjacent to an activating group) is 1. The molecule has 2 aliphatic heterocycles. The van der Waals surface area contributed by atoms with Gasteiger partial charge in [0.2, 0.25) is 5.91 Å². The maximum Gasteiger partial charge on any atom is 0.237 e. The van der Waals surface area contributed by atoms with Gasteiger partial charge in [0.15, 0.2) is 0 Å². The molecule has 1 unspecified atom stereocenters. The van der Waals surface area contributed by atoms with Crippen molar-refractivity contribution in [1.82, 2.24) is 9.97 Å². The van der Waals surface area contributed by atoms with E-state index in [1.54, 1.807) is 12.0 Å². The van der Waals surface area contributed by atoms with Crippen LogP contribution in [0.3, 0.4) is 0 Å². The number of ether oxygens (including phenoxy) is 2. The van der Waals surface area contributed by atoms with E-state index in [1.807, 2.05) is 31.6 Å². The SMILES string of the molecule is COCc1ccc(-c2ccc3ncc4c(c3c2)C2(CCCOCC2)C(=O)N4C)cn1. The fourth-order valence-electron chi connectivity index (χ4n) is 4.90. The van der Waals surface area contributed by atoms with E-state index in [-0.39, 0.29) is 5.91 Å². The highest BCUT2D eigenvalue weighted by Crippen LogP contribution is 2.50. The van der Waals surface area contributed by atoms with Crippen LogP contribution >= 0.6 is 0 Å². The van der Waals surface area contributed by atoms with Crippen LogP contribution in [0.1, 0.15) is 30.5 Å². The number of rotatable bonds is 3. The Morgan fingerprint density at radius 1 is 1.10 bits per heavy atom. The monoisotopic (exact) mass is 403 g/mol. The summed E-state index contributed by atoms with van der Waals surface area (Å²) in [5.41, 5.74) is 5.40. The van der Waals surface area contributed by atoms with Crippen LogP contribution in [-0.2, 0) is 26.3 Å². The molecule has 154 valence electrons. The standard InChI is InChI=1S/C24H25N3O3/c1-27-21-14-26-20-7-5-16(17-4-6-18(15-29-2)25-13-17)12-19(20)22(21)24(23(27)28)8-3-10-30-11-9-24/h4-7,12-14H,3,8-11,15H2,1-2H3. The van der Waals surface area contributed by atoms with Gasteiger partial charge in [0, 0.05) is 50.1 Å². The topological polar surface area (TPSA) is 64.6 Å². The van der Waals surface area contributed by atoms with Crippen molar-refractivity contribution in [3.63, 3.8) is 0 Å². The van der Waals surface area contributed by atoms with Crippen LogP contribution < -0.4 is 4.90 Å². The quantitative estimate of drug-likeness (QED) is 0.665. The molecule has 6 nitrogen and oxygen atoms in total. The highest BCUT2D eigenvalue weighted by Gasteiger charge is 2.50. The summed E-state index contributed by atoms with van der Waals surface area (Å²) < 4.78 is 10.9. The summed E-state index contributed by atoms with van der Waals surface area (Å²) in [4.78, 5) is 24.3. The zero-order valence-electron chi connectivity index (χ0n) is 17.4. The number of carbonyl (C=O) groups is 1. The first-order valence-electron chi connectivity index (χ1n) is 10.4. The zero-order valence-corrected chi connectivity index (χ0v) is 17.4. The van der Waals surface area contributed by atoms with E-state index < -0.39 is 5.41 Å². The Bertz CT molecular complexity index is 1100. The Morgan fingerprint density at radius 3 is 2.77 bits per heavy atom. The van der Waals surface area contributed by atoms with Crippen molar-refractivity contribution in [3.8, 4) is 11.1 Å². The lowest BCUT2D eigenvalue weighted by molar-refractivity contribution is -0.123. The molecule has 1 aromatic carbocycles. The first kappa shape index (κ1) is 19.2. The van der Waals surface area contributed by atoms with Gasteiger partial charge in [-0.3, -0.25) is 14.8 Å². The van der Waals surface area contributed by atoms with Crippen molar-refractivity contribution in [1.29, 1.82) is 0 Å². The third-order valence-electron chi connectivity index (χ3n) is 6.42. The highest BCUT2D eigenvalue weighted by atomic mass is 16.5. The van der Waals surface area contributed by atoms with Crippen LogP contribution in [0.25, 0.3) is 22.0 Å². The van der Waals surface area contributed by atoms with E-state index in [9.17, 15) is 4.79 Å². The molecule has 0 N–H and O–H groups in total. The lowest BCUT2D eigenvalue weighted by Gasteiger charge is -2.26. The molecule has 0 radical (unpaired) electrons. The second-order valence-corrected chi connectivity index (χ2v) is 8.13. The number of nitrogens with zero attached hydrogens (tertiary/aromatic N) is 3. The van der Waals surface area contributed by atoms with Crippen LogP contribution in [-0.4, -0.2) is 43.2 Å². The second-order valence-electron chi connectivity index (χ2n) is 8.13. The molecular weight excluding hydrogens is 378 g/mol. The Kier molecular flexibility index (Phi) is 4.76. The number of hydrogen-bond acceptors (Lipinski definition) is 5. The molecule has 0 bridgehead atoms. The second kappa shape index (κ2) is 7.45. The summed E-state index contributed by atoms with van der Waals surface area (Å²) >= 11 is 0. The molecule has 30 heavy (non-hydrogen) atoms. The summed E-state index contributed by atoms with van der Waals surface area (Å²) in [6.45, 7) is 1.81. The summed E-state index contributed by atoms with van der Waals surface area (Å²) in [7, 11) is 3.52. The number of anilines is 1. The summed E-state index contributed by atoms with van der Waals surface area (Å²) in [6, 6.07) is 10.3. The highest BCUT2D eigenvalue weighted by molar-refractivity contribution is 6.12. The number of aromatic nitrogens is 2. The van der Waals surface area contributed by atoms with Gasteiger partial charge in [-0.25, -0.2) is 0 Å². The molecule has 0 aliphatic carbocycles. The van der Waals surface area contributed by atoms with E-state index in [2.05, 4.69) is 28.2 Å². The molecule has 5 rings (SSSR count). The normalized spacial score (nSPS) is 21.3. The van der Waals surface area contributed by atoms with Gasteiger partial charge in [0.1, 0.15) is 0 Å². The maximum atomic E-state index is 13.4. The first-order valence-corrected chi connectivity index (χ1v) is 10.4. The van der Waals surface area contributed by atoms with Gasteiger partial charge < -0.3 is 14.4 Å². The summed E-state index contributed by atoms with van der Waals surface area (Å²) in [5.74, 6) is 0.160. The molecule has 2 aliphatic rings. The molecule has 1 saturated heterocycles. The minimum atomic E-state index is -0.527. The van der Waals surface area contributed by atoms with Crippen LogP contribution in [0.15, 0.2) is 42.7 Å². The van der Waals surface area contributed by atoms with E-state index >= 15 is 0 Å². The number of amides is 1. The molecule has 1 spiro atoms. The lowest BCUT2D eigenvalue weighted by atomic mass is 9.74. The third kappa shape index (κ3) is 2.90.